The normalized spacial score (nSPS) is 10.3. The van der Waals surface area contributed by atoms with Gasteiger partial charge in [-0.3, -0.25) is 9.78 Å². The molecule has 1 heterocycles. The van der Waals surface area contributed by atoms with E-state index in [2.05, 4.69) is 15.6 Å². The van der Waals surface area contributed by atoms with Crippen molar-refractivity contribution in [2.45, 2.75) is 13.8 Å². The molecule has 4 heteroatoms. The molecule has 0 unspecified atom stereocenters. The van der Waals surface area contributed by atoms with Crippen LogP contribution in [0.3, 0.4) is 0 Å². The topological polar surface area (TPSA) is 54.0 Å². The summed E-state index contributed by atoms with van der Waals surface area (Å²) in [6, 6.07) is 10.0. The highest BCUT2D eigenvalue weighted by Gasteiger charge is 2.02. The number of hydrogen-bond acceptors (Lipinski definition) is 3. The van der Waals surface area contributed by atoms with Crippen LogP contribution in [0.2, 0.25) is 0 Å². The molecule has 0 saturated heterocycles. The van der Waals surface area contributed by atoms with Crippen LogP contribution < -0.4 is 10.6 Å². The average Bonchev–Trinajstić information content (AvgIpc) is 2.34. The number of rotatable bonds is 4. The Hall–Kier alpha value is -2.10. The number of benzene rings is 1. The minimum absolute atomic E-state index is 0.00688. The van der Waals surface area contributed by atoms with E-state index >= 15 is 0 Å². The number of para-hydroxylation sites is 1. The first-order valence-corrected chi connectivity index (χ1v) is 6.01. The van der Waals surface area contributed by atoms with Crippen molar-refractivity contribution in [2.75, 3.05) is 18.4 Å². The maximum atomic E-state index is 10.8. The molecular formula is C14H17N3O. The van der Waals surface area contributed by atoms with E-state index in [0.29, 0.717) is 13.1 Å². The number of hydrogen-bond donors (Lipinski definition) is 2. The zero-order valence-corrected chi connectivity index (χ0v) is 10.7. The van der Waals surface area contributed by atoms with E-state index in [4.69, 9.17) is 0 Å². The number of aryl methyl sites for hydroxylation is 1. The van der Waals surface area contributed by atoms with Crippen LogP contribution in [0.1, 0.15) is 12.6 Å². The van der Waals surface area contributed by atoms with Gasteiger partial charge in [-0.2, -0.15) is 0 Å². The zero-order valence-electron chi connectivity index (χ0n) is 10.7. The van der Waals surface area contributed by atoms with Gasteiger partial charge >= 0.3 is 0 Å². The number of nitrogens with zero attached hydrogens (tertiary/aromatic N) is 1. The van der Waals surface area contributed by atoms with Crippen LogP contribution in [0.4, 0.5) is 5.69 Å². The summed E-state index contributed by atoms with van der Waals surface area (Å²) in [7, 11) is 0. The third kappa shape index (κ3) is 2.97. The smallest absolute Gasteiger partial charge is 0.216 e. The minimum atomic E-state index is -0.00688. The Bertz CT molecular complexity index is 566. The molecule has 18 heavy (non-hydrogen) atoms. The molecule has 0 spiro atoms. The Kier molecular flexibility index (Phi) is 3.77. The Morgan fingerprint density at radius 3 is 2.83 bits per heavy atom. The van der Waals surface area contributed by atoms with Gasteiger partial charge in [0.25, 0.3) is 0 Å². The predicted octanol–water partition coefficient (Wildman–Crippen LogP) is 2.09. The predicted molar refractivity (Wildman–Crippen MR) is 73.7 cm³/mol. The van der Waals surface area contributed by atoms with Gasteiger partial charge in [-0.15, -0.1) is 0 Å². The van der Waals surface area contributed by atoms with Crippen LogP contribution in [0, 0.1) is 6.92 Å². The molecule has 0 atom stereocenters. The number of amides is 1. The number of fused-ring (bicyclic) bond motifs is 1. The molecule has 1 aromatic heterocycles. The average molecular weight is 243 g/mol. The van der Waals surface area contributed by atoms with Gasteiger partial charge in [0.2, 0.25) is 5.91 Å². The maximum absolute atomic E-state index is 10.8. The van der Waals surface area contributed by atoms with Gasteiger partial charge in [0.05, 0.1) is 5.52 Å². The number of carbonyl (C=O) groups is 1. The third-order valence-corrected chi connectivity index (χ3v) is 2.66. The van der Waals surface area contributed by atoms with Gasteiger partial charge in [-0.1, -0.05) is 18.2 Å². The van der Waals surface area contributed by atoms with E-state index in [1.807, 2.05) is 37.3 Å². The molecule has 2 rings (SSSR count). The molecule has 0 saturated carbocycles. The number of aromatic nitrogens is 1. The fraction of sp³-hybridized carbons (Fsp3) is 0.286. The standard InChI is InChI=1S/C14H17N3O/c1-10-9-14(16-8-7-15-11(2)18)12-5-3-4-6-13(12)17-10/h3-6,9H,7-8H2,1-2H3,(H,15,18)(H,16,17). The van der Waals surface area contributed by atoms with Gasteiger partial charge in [0, 0.05) is 36.8 Å². The van der Waals surface area contributed by atoms with E-state index in [1.165, 1.54) is 6.92 Å². The van der Waals surface area contributed by atoms with Crippen molar-refractivity contribution in [3.05, 3.63) is 36.0 Å². The van der Waals surface area contributed by atoms with Crippen LogP contribution in [-0.4, -0.2) is 24.0 Å². The molecule has 2 aromatic rings. The second-order valence-corrected chi connectivity index (χ2v) is 4.24. The molecule has 0 radical (unpaired) electrons. The highest BCUT2D eigenvalue weighted by Crippen LogP contribution is 2.22. The molecule has 0 bridgehead atoms. The summed E-state index contributed by atoms with van der Waals surface area (Å²) in [6.45, 7) is 4.81. The quantitative estimate of drug-likeness (QED) is 0.808. The third-order valence-electron chi connectivity index (χ3n) is 2.66. The number of pyridine rings is 1. The summed E-state index contributed by atoms with van der Waals surface area (Å²) in [5.41, 5.74) is 3.03. The Labute approximate surface area is 106 Å². The van der Waals surface area contributed by atoms with Gasteiger partial charge in [0.1, 0.15) is 0 Å². The number of carbonyl (C=O) groups excluding carboxylic acids is 1. The highest BCUT2D eigenvalue weighted by molar-refractivity contribution is 5.91. The first kappa shape index (κ1) is 12.4. The van der Waals surface area contributed by atoms with E-state index in [0.717, 1.165) is 22.3 Å². The van der Waals surface area contributed by atoms with E-state index in [9.17, 15) is 4.79 Å². The van der Waals surface area contributed by atoms with Crippen LogP contribution in [-0.2, 0) is 4.79 Å². The fourth-order valence-corrected chi connectivity index (χ4v) is 1.89. The fourth-order valence-electron chi connectivity index (χ4n) is 1.89. The number of nitrogens with one attached hydrogen (secondary N) is 2. The summed E-state index contributed by atoms with van der Waals surface area (Å²) < 4.78 is 0. The first-order chi connectivity index (χ1) is 8.66. The Morgan fingerprint density at radius 1 is 1.28 bits per heavy atom. The zero-order chi connectivity index (χ0) is 13.0. The van der Waals surface area contributed by atoms with Crippen LogP contribution in [0.25, 0.3) is 10.9 Å². The molecule has 0 fully saturated rings. The van der Waals surface area contributed by atoms with E-state index in [-0.39, 0.29) is 5.91 Å². The Balaban J connectivity index is 2.14. The first-order valence-electron chi connectivity index (χ1n) is 6.01. The summed E-state index contributed by atoms with van der Waals surface area (Å²) in [6.07, 6.45) is 0. The van der Waals surface area contributed by atoms with Gasteiger partial charge in [-0.25, -0.2) is 0 Å². The lowest BCUT2D eigenvalue weighted by molar-refractivity contribution is -0.118. The van der Waals surface area contributed by atoms with Crippen molar-refractivity contribution in [1.82, 2.24) is 10.3 Å². The van der Waals surface area contributed by atoms with Crippen molar-refractivity contribution in [2.24, 2.45) is 0 Å². The molecule has 1 aromatic carbocycles. The van der Waals surface area contributed by atoms with Crippen LogP contribution >= 0.6 is 0 Å². The van der Waals surface area contributed by atoms with Crippen molar-refractivity contribution < 1.29 is 4.79 Å². The van der Waals surface area contributed by atoms with Crippen molar-refractivity contribution in [1.29, 1.82) is 0 Å². The lowest BCUT2D eigenvalue weighted by Crippen LogP contribution is -2.26. The highest BCUT2D eigenvalue weighted by atomic mass is 16.1. The molecule has 4 nitrogen and oxygen atoms in total. The second-order valence-electron chi connectivity index (χ2n) is 4.24. The SMILES string of the molecule is CC(=O)NCCNc1cc(C)nc2ccccc12. The van der Waals surface area contributed by atoms with Gasteiger partial charge in [0.15, 0.2) is 0 Å². The summed E-state index contributed by atoms with van der Waals surface area (Å²) >= 11 is 0. The molecule has 1 amide bonds. The van der Waals surface area contributed by atoms with Gasteiger partial charge < -0.3 is 10.6 Å². The molecule has 0 aliphatic heterocycles. The largest absolute Gasteiger partial charge is 0.383 e. The summed E-state index contributed by atoms with van der Waals surface area (Å²) in [5.74, 6) is -0.00688. The Morgan fingerprint density at radius 2 is 2.06 bits per heavy atom. The lowest BCUT2D eigenvalue weighted by Gasteiger charge is -2.10. The molecule has 2 N–H and O–H groups in total. The molecule has 0 aliphatic rings. The van der Waals surface area contributed by atoms with Crippen LogP contribution in [0.5, 0.6) is 0 Å². The van der Waals surface area contributed by atoms with Gasteiger partial charge in [-0.05, 0) is 19.1 Å². The van der Waals surface area contributed by atoms with Crippen molar-refractivity contribution in [3.8, 4) is 0 Å². The molecule has 0 aliphatic carbocycles. The molecular weight excluding hydrogens is 226 g/mol. The maximum Gasteiger partial charge on any atom is 0.216 e. The summed E-state index contributed by atoms with van der Waals surface area (Å²) in [4.78, 5) is 15.3. The number of anilines is 1. The monoisotopic (exact) mass is 243 g/mol. The minimum Gasteiger partial charge on any atom is -0.383 e. The van der Waals surface area contributed by atoms with Crippen molar-refractivity contribution >= 4 is 22.5 Å². The molecule has 94 valence electrons. The lowest BCUT2D eigenvalue weighted by atomic mass is 10.1. The van der Waals surface area contributed by atoms with Crippen molar-refractivity contribution in [3.63, 3.8) is 0 Å². The van der Waals surface area contributed by atoms with Crippen LogP contribution in [0.15, 0.2) is 30.3 Å². The van der Waals surface area contributed by atoms with E-state index < -0.39 is 0 Å². The summed E-state index contributed by atoms with van der Waals surface area (Å²) in [5, 5.41) is 7.19. The second kappa shape index (κ2) is 5.49. The van der Waals surface area contributed by atoms with E-state index in [1.54, 1.807) is 0 Å².